The smallest absolute Gasteiger partial charge is 0.253 e. The van der Waals surface area contributed by atoms with E-state index in [1.807, 2.05) is 91.0 Å². The molecule has 0 saturated carbocycles. The SMILES string of the molecule is CN1N=C(c2ccccc2)CC(P(=O)(c2ccccc2)c2ccccc2)C1=O. The first kappa shape index (κ1) is 18.4. The van der Waals surface area contributed by atoms with Crippen LogP contribution in [0.4, 0.5) is 0 Å². The summed E-state index contributed by atoms with van der Waals surface area (Å²) in [5.74, 6) is -0.212. The van der Waals surface area contributed by atoms with Gasteiger partial charge in [0.15, 0.2) is 7.14 Å². The van der Waals surface area contributed by atoms with Crippen LogP contribution < -0.4 is 10.6 Å². The van der Waals surface area contributed by atoms with Crippen LogP contribution in [0.1, 0.15) is 12.0 Å². The number of hydrogen-bond acceptors (Lipinski definition) is 3. The summed E-state index contributed by atoms with van der Waals surface area (Å²) in [6, 6.07) is 28.4. The highest BCUT2D eigenvalue weighted by Gasteiger charge is 2.45. The zero-order chi connectivity index (χ0) is 19.6. The number of amides is 1. The van der Waals surface area contributed by atoms with Crippen LogP contribution in [0.25, 0.3) is 0 Å². The molecule has 1 aliphatic rings. The first-order chi connectivity index (χ1) is 13.6. The molecule has 0 aromatic heterocycles. The van der Waals surface area contributed by atoms with Gasteiger partial charge in [-0.2, -0.15) is 5.10 Å². The molecule has 0 spiro atoms. The Labute approximate surface area is 164 Å². The Kier molecular flexibility index (Phi) is 4.97. The van der Waals surface area contributed by atoms with Crippen molar-refractivity contribution in [1.82, 2.24) is 5.01 Å². The predicted molar refractivity (Wildman–Crippen MR) is 114 cm³/mol. The maximum absolute atomic E-state index is 14.6. The second-order valence-corrected chi connectivity index (χ2v) is 9.80. The van der Waals surface area contributed by atoms with E-state index in [2.05, 4.69) is 5.10 Å². The molecule has 1 aliphatic heterocycles. The van der Waals surface area contributed by atoms with E-state index in [0.717, 1.165) is 11.3 Å². The lowest BCUT2D eigenvalue weighted by Gasteiger charge is -2.33. The molecule has 0 fully saturated rings. The number of nitrogens with zero attached hydrogens (tertiary/aromatic N) is 2. The van der Waals surface area contributed by atoms with Gasteiger partial charge in [0.2, 0.25) is 0 Å². The summed E-state index contributed by atoms with van der Waals surface area (Å²) in [6.07, 6.45) is 0.342. The van der Waals surface area contributed by atoms with Gasteiger partial charge in [0, 0.05) is 24.1 Å². The number of hydrazone groups is 1. The second kappa shape index (κ2) is 7.57. The maximum Gasteiger partial charge on any atom is 0.253 e. The Bertz CT molecular complexity index is 1010. The average Bonchev–Trinajstić information content (AvgIpc) is 2.77. The van der Waals surface area contributed by atoms with Crippen LogP contribution in [0.3, 0.4) is 0 Å². The van der Waals surface area contributed by atoms with E-state index in [0.29, 0.717) is 17.0 Å². The van der Waals surface area contributed by atoms with Gasteiger partial charge in [0.1, 0.15) is 5.66 Å². The van der Waals surface area contributed by atoms with Crippen molar-refractivity contribution in [1.29, 1.82) is 0 Å². The Morgan fingerprint density at radius 2 is 1.29 bits per heavy atom. The molecule has 1 heterocycles. The third kappa shape index (κ3) is 3.21. The van der Waals surface area contributed by atoms with Crippen LogP contribution >= 0.6 is 7.14 Å². The number of benzene rings is 3. The van der Waals surface area contributed by atoms with Gasteiger partial charge in [0.25, 0.3) is 5.91 Å². The van der Waals surface area contributed by atoms with E-state index in [4.69, 9.17) is 0 Å². The van der Waals surface area contributed by atoms with Gasteiger partial charge in [-0.1, -0.05) is 91.0 Å². The van der Waals surface area contributed by atoms with Crippen LogP contribution in [-0.2, 0) is 9.36 Å². The van der Waals surface area contributed by atoms with Crippen molar-refractivity contribution < 1.29 is 9.36 Å². The number of carbonyl (C=O) groups excluding carboxylic acids is 1. The van der Waals surface area contributed by atoms with Crippen LogP contribution in [0.15, 0.2) is 96.1 Å². The van der Waals surface area contributed by atoms with Crippen molar-refractivity contribution >= 4 is 29.4 Å². The highest BCUT2D eigenvalue weighted by molar-refractivity contribution is 7.80. The largest absolute Gasteiger partial charge is 0.313 e. The van der Waals surface area contributed by atoms with Crippen molar-refractivity contribution in [3.8, 4) is 0 Å². The molecule has 0 aliphatic carbocycles. The van der Waals surface area contributed by atoms with Gasteiger partial charge >= 0.3 is 0 Å². The van der Waals surface area contributed by atoms with Gasteiger partial charge in [-0.3, -0.25) is 4.79 Å². The van der Waals surface area contributed by atoms with E-state index in [1.165, 1.54) is 5.01 Å². The molecule has 5 heteroatoms. The molecule has 4 nitrogen and oxygen atoms in total. The Hall–Kier alpha value is -2.97. The summed E-state index contributed by atoms with van der Waals surface area (Å²) in [7, 11) is -1.59. The third-order valence-corrected chi connectivity index (χ3v) is 8.50. The van der Waals surface area contributed by atoms with Gasteiger partial charge in [-0.15, -0.1) is 0 Å². The summed E-state index contributed by atoms with van der Waals surface area (Å²) in [6.45, 7) is 0. The van der Waals surface area contributed by atoms with Gasteiger partial charge in [-0.25, -0.2) is 5.01 Å². The summed E-state index contributed by atoms with van der Waals surface area (Å²) >= 11 is 0. The predicted octanol–water partition coefficient (Wildman–Crippen LogP) is 3.64. The van der Waals surface area contributed by atoms with Gasteiger partial charge < -0.3 is 4.57 Å². The summed E-state index contributed by atoms with van der Waals surface area (Å²) < 4.78 is 14.6. The fourth-order valence-electron chi connectivity index (χ4n) is 3.66. The van der Waals surface area contributed by atoms with Gasteiger partial charge in [0.05, 0.1) is 5.71 Å². The van der Waals surface area contributed by atoms with E-state index in [1.54, 1.807) is 7.05 Å². The first-order valence-electron chi connectivity index (χ1n) is 9.22. The highest BCUT2D eigenvalue weighted by atomic mass is 31.2. The molecule has 4 rings (SSSR count). The minimum absolute atomic E-state index is 0.212. The topological polar surface area (TPSA) is 49.7 Å². The molecule has 0 N–H and O–H groups in total. The molecule has 1 unspecified atom stereocenters. The van der Waals surface area contributed by atoms with Crippen molar-refractivity contribution in [3.63, 3.8) is 0 Å². The van der Waals surface area contributed by atoms with E-state index in [-0.39, 0.29) is 5.91 Å². The molecule has 0 saturated heterocycles. The highest BCUT2D eigenvalue weighted by Crippen LogP contribution is 2.51. The zero-order valence-corrected chi connectivity index (χ0v) is 16.5. The molecule has 140 valence electrons. The maximum atomic E-state index is 14.6. The molecule has 1 amide bonds. The summed E-state index contributed by atoms with van der Waals surface area (Å²) in [4.78, 5) is 13.1. The van der Waals surface area contributed by atoms with Crippen molar-refractivity contribution in [3.05, 3.63) is 96.6 Å². The van der Waals surface area contributed by atoms with Crippen LogP contribution in [0, 0.1) is 0 Å². The second-order valence-electron chi connectivity index (χ2n) is 6.82. The molecule has 28 heavy (non-hydrogen) atoms. The van der Waals surface area contributed by atoms with Crippen molar-refractivity contribution in [2.45, 2.75) is 12.1 Å². The van der Waals surface area contributed by atoms with Gasteiger partial charge in [-0.05, 0) is 5.56 Å². The molecule has 0 bridgehead atoms. The van der Waals surface area contributed by atoms with E-state index in [9.17, 15) is 9.36 Å². The van der Waals surface area contributed by atoms with Crippen molar-refractivity contribution in [2.75, 3.05) is 7.05 Å². The van der Waals surface area contributed by atoms with E-state index < -0.39 is 12.8 Å². The molecule has 0 radical (unpaired) electrons. The minimum atomic E-state index is -3.22. The molecular weight excluding hydrogens is 367 g/mol. The minimum Gasteiger partial charge on any atom is -0.313 e. The van der Waals surface area contributed by atoms with Crippen LogP contribution in [0.2, 0.25) is 0 Å². The Balaban J connectivity index is 1.86. The Morgan fingerprint density at radius 1 is 0.821 bits per heavy atom. The lowest BCUT2D eigenvalue weighted by molar-refractivity contribution is -0.129. The normalized spacial score (nSPS) is 17.3. The fraction of sp³-hybridized carbons (Fsp3) is 0.130. The molecule has 3 aromatic rings. The number of hydrogen-bond donors (Lipinski definition) is 0. The number of rotatable bonds is 4. The number of carbonyl (C=O) groups is 1. The Morgan fingerprint density at radius 3 is 1.79 bits per heavy atom. The van der Waals surface area contributed by atoms with Crippen LogP contribution in [0.5, 0.6) is 0 Å². The average molecular weight is 388 g/mol. The first-order valence-corrected chi connectivity index (χ1v) is 11.0. The molecular formula is C23H21N2O2P. The monoisotopic (exact) mass is 388 g/mol. The van der Waals surface area contributed by atoms with Crippen molar-refractivity contribution in [2.24, 2.45) is 5.10 Å². The molecule has 3 aromatic carbocycles. The molecule has 1 atom stereocenters. The van der Waals surface area contributed by atoms with Crippen LogP contribution in [-0.4, -0.2) is 29.3 Å². The lowest BCUT2D eigenvalue weighted by Crippen LogP contribution is -2.43. The zero-order valence-electron chi connectivity index (χ0n) is 15.6. The lowest BCUT2D eigenvalue weighted by atomic mass is 10.0. The summed E-state index contributed by atoms with van der Waals surface area (Å²) in [5, 5.41) is 7.20. The fourth-order valence-corrected chi connectivity index (χ4v) is 6.81. The standard InChI is InChI=1S/C23H21N2O2P/c1-25-23(26)22(17-21(24-25)18-11-5-2-6-12-18)28(27,19-13-7-3-8-14-19)20-15-9-4-10-16-20/h2-16,22H,17H2,1H3. The van der Waals surface area contributed by atoms with E-state index >= 15 is 0 Å². The quantitative estimate of drug-likeness (QED) is 0.641. The summed E-state index contributed by atoms with van der Waals surface area (Å²) in [5.41, 5.74) is 1.04. The third-order valence-electron chi connectivity index (χ3n) is 5.09.